The van der Waals surface area contributed by atoms with Crippen molar-refractivity contribution in [3.8, 4) is 28.3 Å². The first-order chi connectivity index (χ1) is 16.1. The molecule has 162 valence electrons. The molecule has 1 amide bonds. The third kappa shape index (κ3) is 4.55. The van der Waals surface area contributed by atoms with E-state index in [0.29, 0.717) is 43.9 Å². The fourth-order valence-corrected chi connectivity index (χ4v) is 4.10. The van der Waals surface area contributed by atoms with Gasteiger partial charge in [-0.2, -0.15) is 0 Å². The average Bonchev–Trinajstić information content (AvgIpc) is 3.23. The minimum absolute atomic E-state index is 0.376. The maximum atomic E-state index is 12.4. The molecule has 7 heteroatoms. The number of halogens is 2. The summed E-state index contributed by atoms with van der Waals surface area (Å²) in [5, 5.41) is 3.73. The van der Waals surface area contributed by atoms with Crippen molar-refractivity contribution in [1.29, 1.82) is 0 Å². The Morgan fingerprint density at radius 1 is 0.818 bits per heavy atom. The van der Waals surface area contributed by atoms with Crippen LogP contribution in [0, 0.1) is 0 Å². The van der Waals surface area contributed by atoms with Crippen molar-refractivity contribution >= 4 is 46.0 Å². The molecule has 0 aliphatic rings. The number of hydrogen-bond acceptors (Lipinski definition) is 3. The lowest BCUT2D eigenvalue weighted by atomic mass is 10.1. The van der Waals surface area contributed by atoms with Gasteiger partial charge in [0.2, 0.25) is 0 Å². The lowest BCUT2D eigenvalue weighted by Crippen LogP contribution is -2.16. The van der Waals surface area contributed by atoms with E-state index in [1.807, 2.05) is 54.6 Å². The van der Waals surface area contributed by atoms with E-state index in [1.54, 1.807) is 36.4 Å². The molecular formula is C26H17Cl2N3O2. The van der Waals surface area contributed by atoms with Crippen molar-refractivity contribution in [3.63, 3.8) is 0 Å². The van der Waals surface area contributed by atoms with Gasteiger partial charge in [0, 0.05) is 11.8 Å². The molecule has 33 heavy (non-hydrogen) atoms. The van der Waals surface area contributed by atoms with Gasteiger partial charge in [0.15, 0.2) is 0 Å². The Morgan fingerprint density at radius 3 is 2.24 bits per heavy atom. The Hall–Kier alpha value is -3.80. The molecule has 0 unspecified atom stereocenters. The van der Waals surface area contributed by atoms with E-state index in [1.165, 1.54) is 0 Å². The fourth-order valence-electron chi connectivity index (χ4n) is 3.52. The van der Waals surface area contributed by atoms with Crippen molar-refractivity contribution in [2.45, 2.75) is 0 Å². The highest BCUT2D eigenvalue weighted by Gasteiger charge is 2.14. The molecule has 0 bridgehead atoms. The van der Waals surface area contributed by atoms with Crippen LogP contribution in [0.1, 0.15) is 0 Å². The minimum Gasteiger partial charge on any atom is -0.410 e. The summed E-state index contributed by atoms with van der Waals surface area (Å²) in [5.41, 5.74) is 4.82. The maximum absolute atomic E-state index is 12.4. The molecule has 0 aliphatic carbocycles. The molecule has 0 saturated heterocycles. The number of amides is 1. The molecule has 5 rings (SSSR count). The third-order valence-electron chi connectivity index (χ3n) is 5.10. The molecule has 4 aromatic carbocycles. The zero-order valence-electron chi connectivity index (χ0n) is 17.2. The van der Waals surface area contributed by atoms with Crippen molar-refractivity contribution in [3.05, 3.63) is 101 Å². The van der Waals surface area contributed by atoms with Crippen LogP contribution in [-0.4, -0.2) is 16.1 Å². The van der Waals surface area contributed by atoms with Crippen LogP contribution < -0.4 is 10.1 Å². The van der Waals surface area contributed by atoms with Gasteiger partial charge in [0.1, 0.15) is 11.6 Å². The number of benzene rings is 4. The SMILES string of the molecule is O=C(Nc1ccc(-c2ccccc2)cc1)Oc1ccc2nc(-c3c(Cl)cccc3Cl)[nH]c2c1. The number of fused-ring (bicyclic) bond motifs is 1. The molecule has 0 aliphatic heterocycles. The summed E-state index contributed by atoms with van der Waals surface area (Å²) in [5.74, 6) is 0.919. The van der Waals surface area contributed by atoms with E-state index in [2.05, 4.69) is 15.3 Å². The summed E-state index contributed by atoms with van der Waals surface area (Å²) in [6.45, 7) is 0. The second kappa shape index (κ2) is 8.98. The van der Waals surface area contributed by atoms with Crippen molar-refractivity contribution in [2.24, 2.45) is 0 Å². The van der Waals surface area contributed by atoms with Gasteiger partial charge >= 0.3 is 6.09 Å². The van der Waals surface area contributed by atoms with Gasteiger partial charge in [0.05, 0.1) is 26.6 Å². The van der Waals surface area contributed by atoms with E-state index in [-0.39, 0.29) is 0 Å². The van der Waals surface area contributed by atoms with Crippen LogP contribution in [0.3, 0.4) is 0 Å². The van der Waals surface area contributed by atoms with Crippen molar-refractivity contribution < 1.29 is 9.53 Å². The Labute approximate surface area is 200 Å². The molecule has 5 nitrogen and oxygen atoms in total. The molecule has 0 fully saturated rings. The Morgan fingerprint density at radius 2 is 1.52 bits per heavy atom. The number of aromatic amines is 1. The molecule has 2 N–H and O–H groups in total. The van der Waals surface area contributed by atoms with Crippen LogP contribution in [0.4, 0.5) is 10.5 Å². The number of nitrogens with zero attached hydrogens (tertiary/aromatic N) is 1. The molecular weight excluding hydrogens is 457 g/mol. The first-order valence-electron chi connectivity index (χ1n) is 10.2. The largest absolute Gasteiger partial charge is 0.417 e. The van der Waals surface area contributed by atoms with Crippen molar-refractivity contribution in [1.82, 2.24) is 9.97 Å². The van der Waals surface area contributed by atoms with Gasteiger partial charge in [0.25, 0.3) is 0 Å². The van der Waals surface area contributed by atoms with Crippen LogP contribution in [-0.2, 0) is 0 Å². The van der Waals surface area contributed by atoms with Gasteiger partial charge in [-0.25, -0.2) is 9.78 Å². The molecule has 5 aromatic rings. The van der Waals surface area contributed by atoms with Crippen LogP contribution in [0.2, 0.25) is 10.0 Å². The monoisotopic (exact) mass is 473 g/mol. The summed E-state index contributed by atoms with van der Waals surface area (Å²) in [6, 6.07) is 28.0. The van der Waals surface area contributed by atoms with E-state index in [0.717, 1.165) is 11.1 Å². The summed E-state index contributed by atoms with van der Waals surface area (Å²) in [4.78, 5) is 20.1. The number of imidazole rings is 1. The number of carbonyl (C=O) groups is 1. The Kier molecular flexibility index (Phi) is 5.73. The number of rotatable bonds is 4. The predicted octanol–water partition coefficient (Wildman–Crippen LogP) is 7.81. The zero-order chi connectivity index (χ0) is 22.8. The summed E-state index contributed by atoms with van der Waals surface area (Å²) in [7, 11) is 0. The van der Waals surface area contributed by atoms with Gasteiger partial charge in [-0.3, -0.25) is 5.32 Å². The van der Waals surface area contributed by atoms with Crippen LogP contribution >= 0.6 is 23.2 Å². The highest BCUT2D eigenvalue weighted by molar-refractivity contribution is 6.39. The number of anilines is 1. The second-order valence-electron chi connectivity index (χ2n) is 7.32. The summed E-state index contributed by atoms with van der Waals surface area (Å²) >= 11 is 12.6. The summed E-state index contributed by atoms with van der Waals surface area (Å²) < 4.78 is 5.45. The van der Waals surface area contributed by atoms with E-state index in [4.69, 9.17) is 27.9 Å². The zero-order valence-corrected chi connectivity index (χ0v) is 18.7. The standard InChI is InChI=1S/C26H17Cl2N3O2/c27-20-7-4-8-21(28)24(20)25-30-22-14-13-19(15-23(22)31-25)33-26(32)29-18-11-9-17(10-12-18)16-5-2-1-3-6-16/h1-15H,(H,29,32)(H,30,31). The van der Waals surface area contributed by atoms with Crippen LogP contribution in [0.25, 0.3) is 33.5 Å². The van der Waals surface area contributed by atoms with Crippen LogP contribution in [0.5, 0.6) is 5.75 Å². The number of H-pyrrole nitrogens is 1. The van der Waals surface area contributed by atoms with Crippen molar-refractivity contribution in [2.75, 3.05) is 5.32 Å². The third-order valence-corrected chi connectivity index (χ3v) is 5.73. The highest BCUT2D eigenvalue weighted by Crippen LogP contribution is 2.34. The van der Waals surface area contributed by atoms with E-state index in [9.17, 15) is 4.79 Å². The molecule has 0 spiro atoms. The highest BCUT2D eigenvalue weighted by atomic mass is 35.5. The number of aromatic nitrogens is 2. The Bertz CT molecular complexity index is 1430. The number of ether oxygens (including phenoxy) is 1. The lowest BCUT2D eigenvalue weighted by Gasteiger charge is -2.08. The topological polar surface area (TPSA) is 67.0 Å². The first kappa shape index (κ1) is 21.1. The van der Waals surface area contributed by atoms with Crippen LogP contribution in [0.15, 0.2) is 91.0 Å². The number of nitrogens with one attached hydrogen (secondary N) is 2. The lowest BCUT2D eigenvalue weighted by molar-refractivity contribution is 0.215. The molecule has 0 radical (unpaired) electrons. The normalized spacial score (nSPS) is 10.8. The fraction of sp³-hybridized carbons (Fsp3) is 0. The number of hydrogen-bond donors (Lipinski definition) is 2. The van der Waals surface area contributed by atoms with Gasteiger partial charge in [-0.1, -0.05) is 71.7 Å². The molecule has 0 saturated carbocycles. The Balaban J connectivity index is 1.30. The van der Waals surface area contributed by atoms with E-state index >= 15 is 0 Å². The smallest absolute Gasteiger partial charge is 0.410 e. The summed E-state index contributed by atoms with van der Waals surface area (Å²) in [6.07, 6.45) is -0.587. The predicted molar refractivity (Wildman–Crippen MR) is 133 cm³/mol. The first-order valence-corrected chi connectivity index (χ1v) is 10.9. The second-order valence-corrected chi connectivity index (χ2v) is 8.13. The van der Waals surface area contributed by atoms with Gasteiger partial charge < -0.3 is 9.72 Å². The minimum atomic E-state index is -0.587. The van der Waals surface area contributed by atoms with Gasteiger partial charge in [-0.05, 0) is 47.5 Å². The van der Waals surface area contributed by atoms with Gasteiger partial charge in [-0.15, -0.1) is 0 Å². The number of carbonyl (C=O) groups excluding carboxylic acids is 1. The maximum Gasteiger partial charge on any atom is 0.417 e. The molecule has 0 atom stereocenters. The van der Waals surface area contributed by atoms with E-state index < -0.39 is 6.09 Å². The molecule has 1 heterocycles. The average molecular weight is 474 g/mol. The quantitative estimate of drug-likeness (QED) is 0.279. The molecule has 1 aromatic heterocycles.